The highest BCUT2D eigenvalue weighted by atomic mass is 19.1. The molecular formula is C16H19FN4O. The number of nitrogens with one attached hydrogen (secondary N) is 1. The Kier molecular flexibility index (Phi) is 3.97. The van der Waals surface area contributed by atoms with E-state index in [0.717, 1.165) is 18.5 Å². The van der Waals surface area contributed by atoms with Crippen LogP contribution in [0.2, 0.25) is 0 Å². The number of anilines is 1. The predicted molar refractivity (Wildman–Crippen MR) is 80.0 cm³/mol. The van der Waals surface area contributed by atoms with Crippen molar-refractivity contribution in [2.24, 2.45) is 5.92 Å². The standard InChI is InChI=1S/C16H19FN4O/c17-16(11-20-15(22)12-3-4-12)5-8-21(9-6-16)14-2-1-7-19-13(14)10-18/h1-2,7,12H,3-6,8-9,11H2,(H,20,22). The number of nitrogens with zero attached hydrogens (tertiary/aromatic N) is 3. The quantitative estimate of drug-likeness (QED) is 0.920. The lowest BCUT2D eigenvalue weighted by Crippen LogP contribution is -2.48. The smallest absolute Gasteiger partial charge is 0.223 e. The summed E-state index contributed by atoms with van der Waals surface area (Å²) in [6.07, 6.45) is 4.13. The van der Waals surface area contributed by atoms with Gasteiger partial charge in [0.1, 0.15) is 11.7 Å². The van der Waals surface area contributed by atoms with Gasteiger partial charge in [-0.3, -0.25) is 4.79 Å². The van der Waals surface area contributed by atoms with Crippen molar-refractivity contribution in [3.63, 3.8) is 0 Å². The Morgan fingerprint density at radius 2 is 2.23 bits per heavy atom. The molecule has 1 aliphatic carbocycles. The molecule has 3 rings (SSSR count). The lowest BCUT2D eigenvalue weighted by molar-refractivity contribution is -0.123. The number of alkyl halides is 1. The Hall–Kier alpha value is -2.16. The van der Waals surface area contributed by atoms with Crippen LogP contribution in [0.3, 0.4) is 0 Å². The highest BCUT2D eigenvalue weighted by Gasteiger charge is 2.37. The normalized spacial score (nSPS) is 20.3. The van der Waals surface area contributed by atoms with Crippen molar-refractivity contribution in [2.75, 3.05) is 24.5 Å². The molecule has 0 unspecified atom stereocenters. The van der Waals surface area contributed by atoms with Gasteiger partial charge in [-0.25, -0.2) is 9.37 Å². The third kappa shape index (κ3) is 3.19. The van der Waals surface area contributed by atoms with Gasteiger partial charge in [0.05, 0.1) is 12.2 Å². The molecule has 0 bridgehead atoms. The molecule has 6 heteroatoms. The second-order valence-corrected chi connectivity index (χ2v) is 6.11. The van der Waals surface area contributed by atoms with E-state index in [4.69, 9.17) is 5.26 Å². The average molecular weight is 302 g/mol. The number of carbonyl (C=O) groups excluding carboxylic acids is 1. The molecule has 1 saturated carbocycles. The molecule has 0 atom stereocenters. The van der Waals surface area contributed by atoms with Gasteiger partial charge in [0.25, 0.3) is 0 Å². The van der Waals surface area contributed by atoms with Crippen LogP contribution in [0.5, 0.6) is 0 Å². The molecule has 2 heterocycles. The van der Waals surface area contributed by atoms with Crippen LogP contribution >= 0.6 is 0 Å². The SMILES string of the molecule is N#Cc1ncccc1N1CCC(F)(CNC(=O)C2CC2)CC1. The van der Waals surface area contributed by atoms with Crippen LogP contribution in [0.1, 0.15) is 31.4 Å². The molecule has 1 amide bonds. The fourth-order valence-corrected chi connectivity index (χ4v) is 2.80. The summed E-state index contributed by atoms with van der Waals surface area (Å²) in [5.74, 6) is 0.0933. The van der Waals surface area contributed by atoms with Crippen molar-refractivity contribution >= 4 is 11.6 Å². The number of aromatic nitrogens is 1. The molecule has 5 nitrogen and oxygen atoms in total. The molecule has 2 aliphatic rings. The summed E-state index contributed by atoms with van der Waals surface area (Å²) in [5.41, 5.74) is -0.222. The lowest BCUT2D eigenvalue weighted by Gasteiger charge is -2.37. The zero-order chi connectivity index (χ0) is 15.6. The summed E-state index contributed by atoms with van der Waals surface area (Å²) in [4.78, 5) is 17.7. The summed E-state index contributed by atoms with van der Waals surface area (Å²) >= 11 is 0. The molecule has 0 radical (unpaired) electrons. The van der Waals surface area contributed by atoms with Gasteiger partial charge in [-0.2, -0.15) is 5.26 Å². The topological polar surface area (TPSA) is 69.0 Å². The Morgan fingerprint density at radius 3 is 2.86 bits per heavy atom. The van der Waals surface area contributed by atoms with Crippen LogP contribution in [0.4, 0.5) is 10.1 Å². The Morgan fingerprint density at radius 1 is 1.50 bits per heavy atom. The fraction of sp³-hybridized carbons (Fsp3) is 0.562. The summed E-state index contributed by atoms with van der Waals surface area (Å²) in [6, 6.07) is 5.69. The van der Waals surface area contributed by atoms with E-state index in [1.54, 1.807) is 12.3 Å². The Bertz CT molecular complexity index is 600. The first-order valence-corrected chi connectivity index (χ1v) is 7.68. The van der Waals surface area contributed by atoms with Gasteiger partial charge in [-0.15, -0.1) is 0 Å². The zero-order valence-electron chi connectivity index (χ0n) is 12.4. The minimum atomic E-state index is -1.35. The zero-order valence-corrected chi connectivity index (χ0v) is 12.4. The van der Waals surface area contributed by atoms with E-state index in [-0.39, 0.29) is 18.4 Å². The largest absolute Gasteiger partial charge is 0.369 e. The molecule has 22 heavy (non-hydrogen) atoms. The van der Waals surface area contributed by atoms with Crippen molar-refractivity contribution in [3.05, 3.63) is 24.0 Å². The lowest BCUT2D eigenvalue weighted by atomic mass is 9.92. The van der Waals surface area contributed by atoms with E-state index >= 15 is 0 Å². The van der Waals surface area contributed by atoms with Crippen molar-refractivity contribution in [2.45, 2.75) is 31.4 Å². The van der Waals surface area contributed by atoms with E-state index < -0.39 is 5.67 Å². The Labute approximate surface area is 129 Å². The minimum Gasteiger partial charge on any atom is -0.369 e. The van der Waals surface area contributed by atoms with Gasteiger partial charge in [0.15, 0.2) is 5.69 Å². The van der Waals surface area contributed by atoms with Crippen molar-refractivity contribution in [3.8, 4) is 6.07 Å². The van der Waals surface area contributed by atoms with Crippen LogP contribution < -0.4 is 10.2 Å². The first-order chi connectivity index (χ1) is 10.6. The maximum absolute atomic E-state index is 14.8. The van der Waals surface area contributed by atoms with Crippen LogP contribution in [0, 0.1) is 17.2 Å². The summed E-state index contributed by atoms with van der Waals surface area (Å²) in [6.45, 7) is 1.14. The van der Waals surface area contributed by atoms with E-state index in [0.29, 0.717) is 31.6 Å². The van der Waals surface area contributed by atoms with Gasteiger partial charge in [0, 0.05) is 38.0 Å². The van der Waals surface area contributed by atoms with E-state index in [2.05, 4.69) is 16.4 Å². The van der Waals surface area contributed by atoms with Crippen molar-refractivity contribution in [1.82, 2.24) is 10.3 Å². The van der Waals surface area contributed by atoms with Crippen LogP contribution in [0.15, 0.2) is 18.3 Å². The number of amides is 1. The third-order valence-electron chi connectivity index (χ3n) is 4.42. The number of hydrogen-bond acceptors (Lipinski definition) is 4. The number of halogens is 1. The van der Waals surface area contributed by atoms with E-state index in [1.165, 1.54) is 0 Å². The molecule has 1 aliphatic heterocycles. The summed E-state index contributed by atoms with van der Waals surface area (Å²) in [7, 11) is 0. The molecule has 2 fully saturated rings. The maximum atomic E-state index is 14.8. The van der Waals surface area contributed by atoms with Crippen LogP contribution in [-0.4, -0.2) is 36.2 Å². The van der Waals surface area contributed by atoms with Gasteiger partial charge >= 0.3 is 0 Å². The van der Waals surface area contributed by atoms with Crippen molar-refractivity contribution < 1.29 is 9.18 Å². The molecular weight excluding hydrogens is 283 g/mol. The van der Waals surface area contributed by atoms with Gasteiger partial charge in [-0.1, -0.05) is 0 Å². The van der Waals surface area contributed by atoms with Gasteiger partial charge in [0.2, 0.25) is 5.91 Å². The summed E-state index contributed by atoms with van der Waals surface area (Å²) in [5, 5.41) is 11.8. The first kappa shape index (κ1) is 14.8. The highest BCUT2D eigenvalue weighted by Crippen LogP contribution is 2.31. The van der Waals surface area contributed by atoms with E-state index in [1.807, 2.05) is 11.0 Å². The molecule has 0 aromatic carbocycles. The van der Waals surface area contributed by atoms with Gasteiger partial charge in [-0.05, 0) is 25.0 Å². The number of rotatable bonds is 4. The molecule has 1 N–H and O–H groups in total. The molecule has 116 valence electrons. The third-order valence-corrected chi connectivity index (χ3v) is 4.42. The summed E-state index contributed by atoms with van der Waals surface area (Å²) < 4.78 is 14.8. The number of piperidine rings is 1. The number of carbonyl (C=O) groups is 1. The monoisotopic (exact) mass is 302 g/mol. The number of hydrogen-bond donors (Lipinski definition) is 1. The van der Waals surface area contributed by atoms with Crippen LogP contribution in [-0.2, 0) is 4.79 Å². The second kappa shape index (κ2) is 5.91. The molecule has 1 saturated heterocycles. The maximum Gasteiger partial charge on any atom is 0.223 e. The van der Waals surface area contributed by atoms with E-state index in [9.17, 15) is 9.18 Å². The second-order valence-electron chi connectivity index (χ2n) is 6.11. The fourth-order valence-electron chi connectivity index (χ4n) is 2.80. The van der Waals surface area contributed by atoms with Crippen molar-refractivity contribution in [1.29, 1.82) is 5.26 Å². The predicted octanol–water partition coefficient (Wildman–Crippen LogP) is 1.79. The number of nitriles is 1. The Balaban J connectivity index is 1.57. The van der Waals surface area contributed by atoms with Crippen LogP contribution in [0.25, 0.3) is 0 Å². The average Bonchev–Trinajstić information content (AvgIpc) is 3.38. The first-order valence-electron chi connectivity index (χ1n) is 7.68. The molecule has 0 spiro atoms. The highest BCUT2D eigenvalue weighted by molar-refractivity contribution is 5.80. The minimum absolute atomic E-state index is 0.0153. The number of pyridine rings is 1. The molecule has 1 aromatic rings. The molecule has 1 aromatic heterocycles. The van der Waals surface area contributed by atoms with Gasteiger partial charge < -0.3 is 10.2 Å².